The number of pyridine rings is 1. The fourth-order valence-corrected chi connectivity index (χ4v) is 2.74. The lowest BCUT2D eigenvalue weighted by atomic mass is 10.0. The number of para-hydroxylation sites is 1. The number of amides is 1. The summed E-state index contributed by atoms with van der Waals surface area (Å²) in [5, 5.41) is 6.27. The second-order valence-electron chi connectivity index (χ2n) is 6.47. The minimum Gasteiger partial charge on any atom is -0.354 e. The maximum Gasteiger partial charge on any atom is 0.270 e. The summed E-state index contributed by atoms with van der Waals surface area (Å²) in [6.07, 6.45) is 1.69. The monoisotopic (exact) mass is 345 g/mol. The normalized spacial score (nSPS) is 10.6. The Balaban J connectivity index is 1.64. The largest absolute Gasteiger partial charge is 0.354 e. The quantitative estimate of drug-likeness (QED) is 0.669. The molecule has 1 heterocycles. The van der Waals surface area contributed by atoms with Gasteiger partial charge in [0.1, 0.15) is 5.69 Å². The zero-order chi connectivity index (χ0) is 18.4. The molecule has 4 nitrogen and oxygen atoms in total. The molecule has 2 aromatic carbocycles. The van der Waals surface area contributed by atoms with Crippen LogP contribution < -0.4 is 10.6 Å². The lowest BCUT2D eigenvalue weighted by Gasteiger charge is -2.14. The zero-order valence-corrected chi connectivity index (χ0v) is 15.1. The van der Waals surface area contributed by atoms with Crippen LogP contribution in [0.4, 0.5) is 11.4 Å². The fourth-order valence-electron chi connectivity index (χ4n) is 2.74. The van der Waals surface area contributed by atoms with Gasteiger partial charge in [-0.3, -0.25) is 4.79 Å². The van der Waals surface area contributed by atoms with E-state index < -0.39 is 0 Å². The summed E-state index contributed by atoms with van der Waals surface area (Å²) in [7, 11) is 0. The average Bonchev–Trinajstić information content (AvgIpc) is 2.68. The van der Waals surface area contributed by atoms with Crippen LogP contribution in [0.25, 0.3) is 0 Å². The number of hydrogen-bond acceptors (Lipinski definition) is 3. The van der Waals surface area contributed by atoms with Gasteiger partial charge in [0.2, 0.25) is 0 Å². The highest BCUT2D eigenvalue weighted by molar-refractivity contribution is 5.92. The number of anilines is 2. The number of benzene rings is 2. The predicted molar refractivity (Wildman–Crippen MR) is 106 cm³/mol. The smallest absolute Gasteiger partial charge is 0.270 e. The first-order chi connectivity index (χ1) is 12.6. The molecule has 1 amide bonds. The minimum absolute atomic E-state index is 0.178. The van der Waals surface area contributed by atoms with Crippen LogP contribution in [0.15, 0.2) is 72.9 Å². The molecule has 0 saturated heterocycles. The average molecular weight is 345 g/mol. The van der Waals surface area contributed by atoms with E-state index in [9.17, 15) is 4.79 Å². The van der Waals surface area contributed by atoms with Crippen LogP contribution in [-0.4, -0.2) is 10.9 Å². The van der Waals surface area contributed by atoms with Crippen molar-refractivity contribution in [2.24, 2.45) is 0 Å². The van der Waals surface area contributed by atoms with Gasteiger partial charge >= 0.3 is 0 Å². The fraction of sp³-hybridized carbons (Fsp3) is 0.182. The first-order valence-electron chi connectivity index (χ1n) is 8.77. The number of nitrogens with zero attached hydrogens (tertiary/aromatic N) is 1. The Hall–Kier alpha value is -3.14. The van der Waals surface area contributed by atoms with Gasteiger partial charge in [-0.1, -0.05) is 62.4 Å². The summed E-state index contributed by atoms with van der Waals surface area (Å²) in [5.41, 5.74) is 4.63. The number of carbonyl (C=O) groups excluding carboxylic acids is 1. The third-order valence-corrected chi connectivity index (χ3v) is 4.15. The Kier molecular flexibility index (Phi) is 5.64. The van der Waals surface area contributed by atoms with Crippen molar-refractivity contribution in [3.63, 3.8) is 0 Å². The van der Waals surface area contributed by atoms with Crippen molar-refractivity contribution < 1.29 is 4.79 Å². The number of aromatic nitrogens is 1. The van der Waals surface area contributed by atoms with Gasteiger partial charge in [0.15, 0.2) is 0 Å². The van der Waals surface area contributed by atoms with Crippen molar-refractivity contribution in [2.75, 3.05) is 5.32 Å². The molecule has 0 aliphatic heterocycles. The van der Waals surface area contributed by atoms with Gasteiger partial charge in [-0.2, -0.15) is 0 Å². The molecule has 0 aliphatic carbocycles. The number of hydrogen-bond donors (Lipinski definition) is 2. The molecule has 0 radical (unpaired) electrons. The molecule has 0 bridgehead atoms. The van der Waals surface area contributed by atoms with E-state index in [0.717, 1.165) is 16.9 Å². The van der Waals surface area contributed by atoms with Crippen LogP contribution in [-0.2, 0) is 6.54 Å². The molecule has 0 spiro atoms. The third kappa shape index (κ3) is 4.48. The van der Waals surface area contributed by atoms with Crippen LogP contribution in [0.5, 0.6) is 0 Å². The molecule has 26 heavy (non-hydrogen) atoms. The Morgan fingerprint density at radius 1 is 0.962 bits per heavy atom. The Morgan fingerprint density at radius 2 is 1.69 bits per heavy atom. The first-order valence-corrected chi connectivity index (χ1v) is 8.77. The SMILES string of the molecule is CC(C)c1ccccc1Nc1ccc(C(=O)NCc2ccccc2)nc1. The molecular formula is C22H23N3O. The van der Waals surface area contributed by atoms with Crippen LogP contribution >= 0.6 is 0 Å². The van der Waals surface area contributed by atoms with E-state index in [-0.39, 0.29) is 5.91 Å². The van der Waals surface area contributed by atoms with Crippen LogP contribution in [0.1, 0.15) is 41.4 Å². The standard InChI is InChI=1S/C22H23N3O/c1-16(2)19-10-6-7-11-20(19)25-18-12-13-21(23-15-18)22(26)24-14-17-8-4-3-5-9-17/h3-13,15-16,25H,14H2,1-2H3,(H,24,26). The van der Waals surface area contributed by atoms with Crippen molar-refractivity contribution in [1.29, 1.82) is 0 Å². The summed E-state index contributed by atoms with van der Waals surface area (Å²) in [6, 6.07) is 21.6. The van der Waals surface area contributed by atoms with Gasteiger partial charge in [0.25, 0.3) is 5.91 Å². The molecule has 0 atom stereocenters. The molecule has 132 valence electrons. The molecule has 0 aliphatic rings. The Bertz CT molecular complexity index is 858. The van der Waals surface area contributed by atoms with Gasteiger partial charge in [-0.05, 0) is 35.2 Å². The van der Waals surface area contributed by atoms with Gasteiger partial charge in [-0.25, -0.2) is 4.98 Å². The van der Waals surface area contributed by atoms with E-state index in [2.05, 4.69) is 41.6 Å². The lowest BCUT2D eigenvalue weighted by molar-refractivity contribution is 0.0946. The molecule has 3 aromatic rings. The van der Waals surface area contributed by atoms with E-state index >= 15 is 0 Å². The van der Waals surface area contributed by atoms with Crippen molar-refractivity contribution in [1.82, 2.24) is 10.3 Å². The topological polar surface area (TPSA) is 54.0 Å². The van der Waals surface area contributed by atoms with E-state index in [1.807, 2.05) is 48.5 Å². The summed E-state index contributed by atoms with van der Waals surface area (Å²) in [5.74, 6) is 0.248. The molecule has 0 saturated carbocycles. The highest BCUT2D eigenvalue weighted by atomic mass is 16.1. The molecule has 4 heteroatoms. The van der Waals surface area contributed by atoms with E-state index in [4.69, 9.17) is 0 Å². The predicted octanol–water partition coefficient (Wildman–Crippen LogP) is 4.88. The van der Waals surface area contributed by atoms with E-state index in [1.54, 1.807) is 12.3 Å². The number of rotatable bonds is 6. The Morgan fingerprint density at radius 3 is 2.38 bits per heavy atom. The molecular weight excluding hydrogens is 322 g/mol. The van der Waals surface area contributed by atoms with Crippen molar-refractivity contribution >= 4 is 17.3 Å². The molecule has 1 aromatic heterocycles. The van der Waals surface area contributed by atoms with Gasteiger partial charge in [0, 0.05) is 12.2 Å². The van der Waals surface area contributed by atoms with Crippen molar-refractivity contribution in [3.8, 4) is 0 Å². The molecule has 0 fully saturated rings. The number of nitrogens with one attached hydrogen (secondary N) is 2. The van der Waals surface area contributed by atoms with Gasteiger partial charge in [-0.15, -0.1) is 0 Å². The molecule has 3 rings (SSSR count). The highest BCUT2D eigenvalue weighted by Crippen LogP contribution is 2.26. The lowest BCUT2D eigenvalue weighted by Crippen LogP contribution is -2.23. The van der Waals surface area contributed by atoms with E-state index in [0.29, 0.717) is 18.2 Å². The van der Waals surface area contributed by atoms with Crippen molar-refractivity contribution in [3.05, 3.63) is 89.7 Å². The van der Waals surface area contributed by atoms with E-state index in [1.165, 1.54) is 5.56 Å². The van der Waals surface area contributed by atoms with Crippen LogP contribution in [0, 0.1) is 0 Å². The maximum absolute atomic E-state index is 12.2. The second kappa shape index (κ2) is 8.30. The summed E-state index contributed by atoms with van der Waals surface area (Å²) < 4.78 is 0. The summed E-state index contributed by atoms with van der Waals surface area (Å²) in [4.78, 5) is 16.5. The number of carbonyl (C=O) groups is 1. The third-order valence-electron chi connectivity index (χ3n) is 4.15. The highest BCUT2D eigenvalue weighted by Gasteiger charge is 2.09. The van der Waals surface area contributed by atoms with Crippen LogP contribution in [0.2, 0.25) is 0 Å². The Labute approximate surface area is 154 Å². The first kappa shape index (κ1) is 17.7. The van der Waals surface area contributed by atoms with Crippen molar-refractivity contribution in [2.45, 2.75) is 26.3 Å². The molecule has 2 N–H and O–H groups in total. The maximum atomic E-state index is 12.2. The van der Waals surface area contributed by atoms with Crippen LogP contribution in [0.3, 0.4) is 0 Å². The van der Waals surface area contributed by atoms with Gasteiger partial charge < -0.3 is 10.6 Å². The minimum atomic E-state index is -0.178. The summed E-state index contributed by atoms with van der Waals surface area (Å²) >= 11 is 0. The van der Waals surface area contributed by atoms with Gasteiger partial charge in [0.05, 0.1) is 11.9 Å². The summed E-state index contributed by atoms with van der Waals surface area (Å²) in [6.45, 7) is 4.82. The zero-order valence-electron chi connectivity index (χ0n) is 15.1. The second-order valence-corrected chi connectivity index (χ2v) is 6.47. The molecule has 0 unspecified atom stereocenters.